The third kappa shape index (κ3) is 5.28. The van der Waals surface area contributed by atoms with E-state index in [-0.39, 0.29) is 16.3 Å². The number of morpholine rings is 1. The highest BCUT2D eigenvalue weighted by molar-refractivity contribution is 6.30. The van der Waals surface area contributed by atoms with Crippen LogP contribution in [0.3, 0.4) is 0 Å². The zero-order valence-electron chi connectivity index (χ0n) is 18.2. The number of rotatable bonds is 8. The summed E-state index contributed by atoms with van der Waals surface area (Å²) in [6, 6.07) is 9.98. The summed E-state index contributed by atoms with van der Waals surface area (Å²) < 4.78 is 31.4. The molecule has 0 amide bonds. The van der Waals surface area contributed by atoms with E-state index in [1.165, 1.54) is 18.3 Å². The summed E-state index contributed by atoms with van der Waals surface area (Å²) >= 11 is 5.86. The number of halogens is 2. The van der Waals surface area contributed by atoms with E-state index >= 15 is 0 Å². The van der Waals surface area contributed by atoms with E-state index in [2.05, 4.69) is 21.3 Å². The molecule has 0 bridgehead atoms. The van der Waals surface area contributed by atoms with Crippen LogP contribution >= 0.6 is 11.6 Å². The molecule has 1 aromatic heterocycles. The number of methoxy groups -OCH3 is 1. The van der Waals surface area contributed by atoms with Crippen molar-refractivity contribution in [1.82, 2.24) is 9.88 Å². The summed E-state index contributed by atoms with van der Waals surface area (Å²) in [6.45, 7) is 4.88. The number of ether oxygens (including phenoxy) is 3. The van der Waals surface area contributed by atoms with Gasteiger partial charge in [0, 0.05) is 36.2 Å². The fraction of sp³-hybridized carbons (Fsp3) is 0.333. The van der Waals surface area contributed by atoms with Gasteiger partial charge < -0.3 is 19.5 Å². The molecule has 172 valence electrons. The van der Waals surface area contributed by atoms with Crippen LogP contribution in [0.2, 0.25) is 5.02 Å². The van der Waals surface area contributed by atoms with Gasteiger partial charge in [0.2, 0.25) is 0 Å². The molecule has 0 aliphatic carbocycles. The molecule has 1 saturated heterocycles. The summed E-state index contributed by atoms with van der Waals surface area (Å²) in [5.41, 5.74) is 1.42. The maximum Gasteiger partial charge on any atom is 0.187 e. The topological polar surface area (TPSA) is 79.6 Å². The molecule has 2 aromatic carbocycles. The first-order chi connectivity index (χ1) is 16.1. The predicted molar refractivity (Wildman–Crippen MR) is 125 cm³/mol. The minimum Gasteiger partial charge on any atom is -0.491 e. The first-order valence-corrected chi connectivity index (χ1v) is 11.0. The monoisotopic (exact) mass is 470 g/mol. The third-order valence-electron chi connectivity index (χ3n) is 5.45. The Bertz CT molecular complexity index is 1180. The van der Waals surface area contributed by atoms with E-state index in [0.29, 0.717) is 34.7 Å². The second-order valence-corrected chi connectivity index (χ2v) is 7.99. The second-order valence-electron chi connectivity index (χ2n) is 7.56. The Kier molecular flexibility index (Phi) is 7.45. The van der Waals surface area contributed by atoms with Gasteiger partial charge in [-0.25, -0.2) is 4.39 Å². The lowest BCUT2D eigenvalue weighted by Gasteiger charge is -2.26. The van der Waals surface area contributed by atoms with Crippen LogP contribution in [0.25, 0.3) is 10.9 Å². The molecule has 3 aromatic rings. The molecule has 1 N–H and O–H groups in total. The van der Waals surface area contributed by atoms with Crippen LogP contribution < -0.4 is 14.8 Å². The van der Waals surface area contributed by atoms with Gasteiger partial charge in [-0.1, -0.05) is 11.6 Å². The summed E-state index contributed by atoms with van der Waals surface area (Å²) in [6.07, 6.45) is 2.30. The van der Waals surface area contributed by atoms with Crippen molar-refractivity contribution in [3.05, 3.63) is 52.9 Å². The van der Waals surface area contributed by atoms with Crippen molar-refractivity contribution in [2.24, 2.45) is 0 Å². The molecular formula is C24H24ClFN4O3. The Morgan fingerprint density at radius 2 is 2.09 bits per heavy atom. The quantitative estimate of drug-likeness (QED) is 0.476. The van der Waals surface area contributed by atoms with Crippen molar-refractivity contribution in [3.63, 3.8) is 0 Å². The molecule has 0 saturated carbocycles. The van der Waals surface area contributed by atoms with E-state index < -0.39 is 5.82 Å². The van der Waals surface area contributed by atoms with Gasteiger partial charge in [0.1, 0.15) is 17.4 Å². The van der Waals surface area contributed by atoms with E-state index in [4.69, 9.17) is 25.8 Å². The van der Waals surface area contributed by atoms with Crippen LogP contribution in [0.1, 0.15) is 12.0 Å². The lowest BCUT2D eigenvalue weighted by molar-refractivity contribution is 0.0357. The number of nitriles is 1. The molecule has 0 spiro atoms. The average molecular weight is 471 g/mol. The SMILES string of the molecule is COc1c(OCCCN2CCOCC2)ccc2c(Nc3ccc(Cl)cc3F)c(C#N)cnc12. The number of hydrogen-bond donors (Lipinski definition) is 1. The minimum atomic E-state index is -0.525. The van der Waals surface area contributed by atoms with Crippen LogP contribution in [0.15, 0.2) is 36.5 Å². The first kappa shape index (κ1) is 23.1. The maximum atomic E-state index is 14.4. The fourth-order valence-electron chi connectivity index (χ4n) is 3.77. The van der Waals surface area contributed by atoms with E-state index in [0.717, 1.165) is 39.3 Å². The van der Waals surface area contributed by atoms with E-state index in [1.54, 1.807) is 25.3 Å². The van der Waals surface area contributed by atoms with Crippen molar-refractivity contribution in [2.45, 2.75) is 6.42 Å². The zero-order valence-corrected chi connectivity index (χ0v) is 19.0. The number of nitrogens with zero attached hydrogens (tertiary/aromatic N) is 3. The van der Waals surface area contributed by atoms with Crippen LogP contribution in [0.4, 0.5) is 15.8 Å². The normalized spacial score (nSPS) is 14.1. The Morgan fingerprint density at radius 3 is 2.82 bits per heavy atom. The van der Waals surface area contributed by atoms with Gasteiger partial charge >= 0.3 is 0 Å². The summed E-state index contributed by atoms with van der Waals surface area (Å²) in [5.74, 6) is 0.499. The van der Waals surface area contributed by atoms with Gasteiger partial charge in [0.25, 0.3) is 0 Å². The fourth-order valence-corrected chi connectivity index (χ4v) is 3.93. The number of anilines is 2. The number of fused-ring (bicyclic) bond motifs is 1. The highest BCUT2D eigenvalue weighted by atomic mass is 35.5. The maximum absolute atomic E-state index is 14.4. The number of pyridine rings is 1. The standard InChI is InChI=1S/C24H24ClFN4O3/c1-31-24-21(33-10-2-7-30-8-11-32-12-9-30)6-4-18-22(16(14-27)15-28-23(18)24)29-20-5-3-17(25)13-19(20)26/h3-6,13,15H,2,7-12H2,1H3,(H,28,29). The van der Waals surface area contributed by atoms with Gasteiger partial charge in [-0.2, -0.15) is 5.26 Å². The largest absolute Gasteiger partial charge is 0.491 e. The molecule has 0 atom stereocenters. The molecule has 33 heavy (non-hydrogen) atoms. The molecular weight excluding hydrogens is 447 g/mol. The van der Waals surface area contributed by atoms with Crippen molar-refractivity contribution in [3.8, 4) is 17.6 Å². The lowest BCUT2D eigenvalue weighted by Crippen LogP contribution is -2.37. The van der Waals surface area contributed by atoms with Crippen LogP contribution in [-0.4, -0.2) is 56.4 Å². The van der Waals surface area contributed by atoms with E-state index in [1.807, 2.05) is 0 Å². The number of benzene rings is 2. The average Bonchev–Trinajstić information content (AvgIpc) is 2.83. The van der Waals surface area contributed by atoms with Crippen molar-refractivity contribution in [1.29, 1.82) is 5.26 Å². The second kappa shape index (κ2) is 10.7. The third-order valence-corrected chi connectivity index (χ3v) is 5.69. The number of nitrogens with one attached hydrogen (secondary N) is 1. The Hall–Kier alpha value is -3.12. The van der Waals surface area contributed by atoms with Crippen molar-refractivity contribution >= 4 is 33.9 Å². The molecule has 0 unspecified atom stereocenters. The molecule has 1 aliphatic heterocycles. The number of aromatic nitrogens is 1. The first-order valence-electron chi connectivity index (χ1n) is 10.7. The summed E-state index contributed by atoms with van der Waals surface area (Å²) in [7, 11) is 1.54. The Balaban J connectivity index is 1.58. The highest BCUT2D eigenvalue weighted by Crippen LogP contribution is 2.39. The van der Waals surface area contributed by atoms with Gasteiger partial charge in [0.15, 0.2) is 11.5 Å². The lowest BCUT2D eigenvalue weighted by atomic mass is 10.1. The predicted octanol–water partition coefficient (Wildman–Crippen LogP) is 4.75. The Morgan fingerprint density at radius 1 is 1.27 bits per heavy atom. The number of hydrogen-bond acceptors (Lipinski definition) is 7. The summed E-state index contributed by atoms with van der Waals surface area (Å²) in [4.78, 5) is 6.77. The van der Waals surface area contributed by atoms with Gasteiger partial charge in [-0.15, -0.1) is 0 Å². The zero-order chi connectivity index (χ0) is 23.2. The molecule has 9 heteroatoms. The molecule has 1 fully saturated rings. The molecule has 4 rings (SSSR count). The molecule has 0 radical (unpaired) electrons. The van der Waals surface area contributed by atoms with Crippen molar-refractivity contribution in [2.75, 3.05) is 51.9 Å². The van der Waals surface area contributed by atoms with Gasteiger partial charge in [-0.3, -0.25) is 9.88 Å². The Labute approximate surface area is 196 Å². The molecule has 1 aliphatic rings. The van der Waals surface area contributed by atoms with Crippen molar-refractivity contribution < 1.29 is 18.6 Å². The van der Waals surface area contributed by atoms with Crippen LogP contribution in [0, 0.1) is 17.1 Å². The highest BCUT2D eigenvalue weighted by Gasteiger charge is 2.18. The minimum absolute atomic E-state index is 0.200. The summed E-state index contributed by atoms with van der Waals surface area (Å²) in [5, 5.41) is 13.5. The van der Waals surface area contributed by atoms with Gasteiger partial charge in [-0.05, 0) is 36.8 Å². The van der Waals surface area contributed by atoms with Gasteiger partial charge in [0.05, 0.1) is 43.9 Å². The van der Waals surface area contributed by atoms with Crippen LogP contribution in [0.5, 0.6) is 11.5 Å². The van der Waals surface area contributed by atoms with E-state index in [9.17, 15) is 9.65 Å². The molecule has 7 nitrogen and oxygen atoms in total. The van der Waals surface area contributed by atoms with Crippen LogP contribution in [-0.2, 0) is 4.74 Å². The smallest absolute Gasteiger partial charge is 0.187 e. The molecule has 2 heterocycles.